The van der Waals surface area contributed by atoms with E-state index in [1.54, 1.807) is 6.07 Å². The smallest absolute Gasteiger partial charge is 0.143 e. The summed E-state index contributed by atoms with van der Waals surface area (Å²) in [5, 5.41) is 28.8. The maximum atomic E-state index is 13.1. The van der Waals surface area contributed by atoms with E-state index in [9.17, 15) is 4.39 Å². The number of hydrogen-bond acceptors (Lipinski definition) is 4. The summed E-state index contributed by atoms with van der Waals surface area (Å²) >= 11 is 0. The number of hydrogen-bond donors (Lipinski definition) is 3. The van der Waals surface area contributed by atoms with Crippen molar-refractivity contribution in [3.63, 3.8) is 0 Å². The van der Waals surface area contributed by atoms with E-state index in [-0.39, 0.29) is 18.8 Å². The second-order valence-corrected chi connectivity index (χ2v) is 3.01. The lowest BCUT2D eigenvalue weighted by atomic mass is 10.2. The van der Waals surface area contributed by atoms with E-state index in [4.69, 9.17) is 15.5 Å². The molecule has 0 aliphatic rings. The molecule has 0 saturated heterocycles. The minimum Gasteiger partial charge on any atom is -0.394 e. The third kappa shape index (κ3) is 2.91. The predicted molar refractivity (Wildman–Crippen MR) is 52.7 cm³/mol. The Hall–Kier alpha value is -1.64. The zero-order chi connectivity index (χ0) is 11.3. The number of nitrogens with one attached hydrogen (secondary N) is 1. The molecule has 0 bridgehead atoms. The molecule has 0 saturated carbocycles. The van der Waals surface area contributed by atoms with Crippen molar-refractivity contribution in [3.05, 3.63) is 29.6 Å². The molecule has 1 aromatic rings. The highest BCUT2D eigenvalue weighted by molar-refractivity contribution is 5.48. The number of halogens is 1. The second kappa shape index (κ2) is 5.29. The Kier molecular flexibility index (Phi) is 4.03. The molecule has 0 unspecified atom stereocenters. The van der Waals surface area contributed by atoms with E-state index in [0.717, 1.165) is 6.07 Å². The number of nitrogens with zero attached hydrogens (tertiary/aromatic N) is 1. The van der Waals surface area contributed by atoms with E-state index in [1.165, 1.54) is 12.1 Å². The summed E-state index contributed by atoms with van der Waals surface area (Å²) < 4.78 is 13.1. The fourth-order valence-corrected chi connectivity index (χ4v) is 1.08. The number of aliphatic hydroxyl groups excluding tert-OH is 2. The molecule has 0 atom stereocenters. The SMILES string of the molecule is N#Cc1ccc(NC(CO)CO)cc1F. The molecule has 1 rings (SSSR count). The zero-order valence-corrected chi connectivity index (χ0v) is 7.94. The molecule has 80 valence electrons. The largest absolute Gasteiger partial charge is 0.394 e. The van der Waals surface area contributed by atoms with Gasteiger partial charge in [0.15, 0.2) is 0 Å². The molecule has 0 fully saturated rings. The molecule has 0 aliphatic carbocycles. The molecule has 0 spiro atoms. The molecule has 5 heteroatoms. The predicted octanol–water partition coefficient (Wildman–Crippen LogP) is 0.462. The summed E-state index contributed by atoms with van der Waals surface area (Å²) in [5.41, 5.74) is 0.379. The van der Waals surface area contributed by atoms with Crippen LogP contribution < -0.4 is 5.32 Å². The van der Waals surface area contributed by atoms with Gasteiger partial charge in [-0.2, -0.15) is 5.26 Å². The Labute approximate surface area is 86.6 Å². The van der Waals surface area contributed by atoms with Gasteiger partial charge in [0.25, 0.3) is 0 Å². The summed E-state index contributed by atoms with van der Waals surface area (Å²) in [6.45, 7) is -0.504. The summed E-state index contributed by atoms with van der Waals surface area (Å²) in [4.78, 5) is 0. The van der Waals surface area contributed by atoms with E-state index in [0.29, 0.717) is 5.69 Å². The van der Waals surface area contributed by atoms with Crippen LogP contribution in [0.1, 0.15) is 5.56 Å². The van der Waals surface area contributed by atoms with Crippen molar-refractivity contribution in [3.8, 4) is 6.07 Å². The number of anilines is 1. The van der Waals surface area contributed by atoms with Gasteiger partial charge in [-0.3, -0.25) is 0 Å². The van der Waals surface area contributed by atoms with Crippen LogP contribution >= 0.6 is 0 Å². The van der Waals surface area contributed by atoms with Crippen LogP contribution in [0.3, 0.4) is 0 Å². The summed E-state index contributed by atoms with van der Waals surface area (Å²) in [6.07, 6.45) is 0. The molecule has 0 aliphatic heterocycles. The first-order valence-electron chi connectivity index (χ1n) is 4.39. The number of nitriles is 1. The van der Waals surface area contributed by atoms with Crippen LogP contribution in [0.15, 0.2) is 18.2 Å². The van der Waals surface area contributed by atoms with Crippen LogP contribution in [-0.4, -0.2) is 29.5 Å². The Morgan fingerprint density at radius 1 is 1.40 bits per heavy atom. The number of benzene rings is 1. The Morgan fingerprint density at radius 3 is 2.53 bits per heavy atom. The van der Waals surface area contributed by atoms with Gasteiger partial charge < -0.3 is 15.5 Å². The van der Waals surface area contributed by atoms with Gasteiger partial charge in [0.05, 0.1) is 24.8 Å². The number of rotatable bonds is 4. The maximum absolute atomic E-state index is 13.1. The van der Waals surface area contributed by atoms with Crippen LogP contribution in [0.5, 0.6) is 0 Å². The summed E-state index contributed by atoms with van der Waals surface area (Å²) in [6, 6.07) is 5.17. The quantitative estimate of drug-likeness (QED) is 0.675. The lowest BCUT2D eigenvalue weighted by Gasteiger charge is -2.14. The van der Waals surface area contributed by atoms with Gasteiger partial charge >= 0.3 is 0 Å². The summed E-state index contributed by atoms with van der Waals surface area (Å²) in [5.74, 6) is -0.628. The molecule has 3 N–H and O–H groups in total. The third-order valence-corrected chi connectivity index (χ3v) is 1.90. The standard InChI is InChI=1S/C10H11FN2O2/c11-10-3-8(2-1-7(10)4-12)13-9(5-14)6-15/h1-3,9,13-15H,5-6H2. The Bertz CT molecular complexity index is 372. The Balaban J connectivity index is 2.80. The molecule has 0 aromatic heterocycles. The highest BCUT2D eigenvalue weighted by Gasteiger charge is 2.07. The molecule has 4 nitrogen and oxygen atoms in total. The van der Waals surface area contributed by atoms with Crippen molar-refractivity contribution in [2.24, 2.45) is 0 Å². The fraction of sp³-hybridized carbons (Fsp3) is 0.300. The first-order valence-corrected chi connectivity index (χ1v) is 4.39. The highest BCUT2D eigenvalue weighted by Crippen LogP contribution is 2.14. The van der Waals surface area contributed by atoms with Gasteiger partial charge in [0.2, 0.25) is 0 Å². The van der Waals surface area contributed by atoms with Crippen LogP contribution in [0.25, 0.3) is 0 Å². The van der Waals surface area contributed by atoms with Gasteiger partial charge in [-0.15, -0.1) is 0 Å². The zero-order valence-electron chi connectivity index (χ0n) is 7.94. The first-order chi connectivity index (χ1) is 7.21. The average Bonchev–Trinajstić information content (AvgIpc) is 2.26. The molecular weight excluding hydrogens is 199 g/mol. The second-order valence-electron chi connectivity index (χ2n) is 3.01. The molecular formula is C10H11FN2O2. The minimum atomic E-state index is -0.628. The van der Waals surface area contributed by atoms with Crippen molar-refractivity contribution in [1.29, 1.82) is 5.26 Å². The monoisotopic (exact) mass is 210 g/mol. The van der Waals surface area contributed by atoms with Crippen molar-refractivity contribution in [2.45, 2.75) is 6.04 Å². The normalized spacial score (nSPS) is 10.1. The van der Waals surface area contributed by atoms with E-state index < -0.39 is 11.9 Å². The lowest BCUT2D eigenvalue weighted by molar-refractivity contribution is 0.204. The van der Waals surface area contributed by atoms with Crippen LogP contribution in [0.2, 0.25) is 0 Å². The number of aliphatic hydroxyl groups is 2. The van der Waals surface area contributed by atoms with Crippen LogP contribution in [0, 0.1) is 17.1 Å². The van der Waals surface area contributed by atoms with Crippen molar-refractivity contribution in [2.75, 3.05) is 18.5 Å². The maximum Gasteiger partial charge on any atom is 0.143 e. The first kappa shape index (κ1) is 11.4. The van der Waals surface area contributed by atoms with Gasteiger partial charge in [-0.1, -0.05) is 0 Å². The van der Waals surface area contributed by atoms with Crippen LogP contribution in [0.4, 0.5) is 10.1 Å². The van der Waals surface area contributed by atoms with Gasteiger partial charge in [-0.05, 0) is 18.2 Å². The fourth-order valence-electron chi connectivity index (χ4n) is 1.08. The van der Waals surface area contributed by atoms with E-state index in [2.05, 4.69) is 5.32 Å². The molecule has 0 amide bonds. The van der Waals surface area contributed by atoms with Gasteiger partial charge in [-0.25, -0.2) is 4.39 Å². The van der Waals surface area contributed by atoms with Gasteiger partial charge in [0, 0.05) is 5.69 Å². The van der Waals surface area contributed by atoms with Crippen molar-refractivity contribution >= 4 is 5.69 Å². The Morgan fingerprint density at radius 2 is 2.07 bits per heavy atom. The van der Waals surface area contributed by atoms with Crippen molar-refractivity contribution < 1.29 is 14.6 Å². The molecule has 0 heterocycles. The van der Waals surface area contributed by atoms with Crippen LogP contribution in [-0.2, 0) is 0 Å². The summed E-state index contributed by atoms with van der Waals surface area (Å²) in [7, 11) is 0. The van der Waals surface area contributed by atoms with Gasteiger partial charge in [0.1, 0.15) is 11.9 Å². The third-order valence-electron chi connectivity index (χ3n) is 1.90. The molecule has 1 aromatic carbocycles. The van der Waals surface area contributed by atoms with E-state index >= 15 is 0 Å². The minimum absolute atomic E-state index is 0.0369. The highest BCUT2D eigenvalue weighted by atomic mass is 19.1. The molecule has 0 radical (unpaired) electrons. The topological polar surface area (TPSA) is 76.3 Å². The van der Waals surface area contributed by atoms with E-state index in [1.807, 2.05) is 0 Å². The molecule has 15 heavy (non-hydrogen) atoms. The average molecular weight is 210 g/mol. The lowest BCUT2D eigenvalue weighted by Crippen LogP contribution is -2.27. The van der Waals surface area contributed by atoms with Crippen molar-refractivity contribution in [1.82, 2.24) is 0 Å².